The van der Waals surface area contributed by atoms with Gasteiger partial charge in [0.25, 0.3) is 5.69 Å². The smallest absolute Gasteiger partial charge is 0.293 e. The second kappa shape index (κ2) is 6.59. The highest BCUT2D eigenvalue weighted by Gasteiger charge is 2.31. The van der Waals surface area contributed by atoms with Crippen molar-refractivity contribution in [2.24, 2.45) is 5.41 Å². The van der Waals surface area contributed by atoms with E-state index in [1.54, 1.807) is 17.0 Å². The minimum atomic E-state index is -0.464. The van der Waals surface area contributed by atoms with Crippen LogP contribution in [-0.2, 0) is 4.79 Å². The lowest BCUT2D eigenvalue weighted by Crippen LogP contribution is -2.51. The number of carbonyl (C=O) groups is 2. The molecule has 0 aliphatic carbocycles. The third-order valence-corrected chi connectivity index (χ3v) is 4.13. The van der Waals surface area contributed by atoms with Crippen LogP contribution in [0, 0.1) is 15.5 Å². The summed E-state index contributed by atoms with van der Waals surface area (Å²) in [5.41, 5.74) is 0.315. The van der Waals surface area contributed by atoms with Gasteiger partial charge < -0.3 is 9.80 Å². The first-order valence-electron chi connectivity index (χ1n) is 7.95. The molecule has 1 fully saturated rings. The molecule has 1 aromatic rings. The summed E-state index contributed by atoms with van der Waals surface area (Å²) in [4.78, 5) is 38.3. The monoisotopic (exact) mass is 333 g/mol. The van der Waals surface area contributed by atoms with Crippen LogP contribution in [0.3, 0.4) is 0 Å². The van der Waals surface area contributed by atoms with Crippen LogP contribution in [0.5, 0.6) is 0 Å². The van der Waals surface area contributed by atoms with E-state index >= 15 is 0 Å². The molecular formula is C17H23N3O4. The Kier molecular flexibility index (Phi) is 4.91. The number of piperazine rings is 1. The van der Waals surface area contributed by atoms with Crippen LogP contribution in [-0.4, -0.2) is 47.7 Å². The van der Waals surface area contributed by atoms with E-state index in [9.17, 15) is 19.7 Å². The summed E-state index contributed by atoms with van der Waals surface area (Å²) >= 11 is 0. The predicted molar refractivity (Wildman–Crippen MR) is 91.3 cm³/mol. The molecule has 24 heavy (non-hydrogen) atoms. The molecule has 0 bridgehead atoms. The van der Waals surface area contributed by atoms with Gasteiger partial charge in [0.15, 0.2) is 5.78 Å². The number of nitro groups is 1. The van der Waals surface area contributed by atoms with Gasteiger partial charge in [-0.3, -0.25) is 19.7 Å². The number of anilines is 1. The van der Waals surface area contributed by atoms with E-state index in [1.807, 2.05) is 25.7 Å². The van der Waals surface area contributed by atoms with Crippen molar-refractivity contribution >= 4 is 23.1 Å². The average Bonchev–Trinajstić information content (AvgIpc) is 2.52. The molecule has 0 N–H and O–H groups in total. The van der Waals surface area contributed by atoms with Crippen molar-refractivity contribution in [1.82, 2.24) is 4.90 Å². The predicted octanol–water partition coefficient (Wildman–Crippen LogP) is 2.49. The quantitative estimate of drug-likeness (QED) is 0.482. The van der Waals surface area contributed by atoms with Crippen LogP contribution in [0.25, 0.3) is 0 Å². The standard InChI is InChI=1S/C17H23N3O4/c1-12(21)13-5-6-14(15(11-13)20(23)24)18-7-9-19(10-8-18)16(22)17(2,3)4/h5-6,11H,7-10H2,1-4H3. The fraction of sp³-hybridized carbons (Fsp3) is 0.529. The minimum absolute atomic E-state index is 0.0710. The van der Waals surface area contributed by atoms with Gasteiger partial charge in [0.1, 0.15) is 5.69 Å². The van der Waals surface area contributed by atoms with E-state index in [2.05, 4.69) is 0 Å². The fourth-order valence-corrected chi connectivity index (χ4v) is 2.78. The zero-order valence-electron chi connectivity index (χ0n) is 14.5. The molecule has 1 aromatic carbocycles. The normalized spacial score (nSPS) is 15.3. The molecule has 2 rings (SSSR count). The van der Waals surface area contributed by atoms with Crippen LogP contribution in [0.4, 0.5) is 11.4 Å². The van der Waals surface area contributed by atoms with E-state index < -0.39 is 10.3 Å². The van der Waals surface area contributed by atoms with Crippen LogP contribution in [0.1, 0.15) is 38.1 Å². The second-order valence-electron chi connectivity index (χ2n) is 7.05. The highest BCUT2D eigenvalue weighted by Crippen LogP contribution is 2.30. The molecule has 1 amide bonds. The maximum Gasteiger partial charge on any atom is 0.293 e. The molecule has 7 nitrogen and oxygen atoms in total. The van der Waals surface area contributed by atoms with Crippen molar-refractivity contribution in [1.29, 1.82) is 0 Å². The molecule has 1 heterocycles. The minimum Gasteiger partial charge on any atom is -0.362 e. The summed E-state index contributed by atoms with van der Waals surface area (Å²) in [5.74, 6) is -0.117. The number of benzene rings is 1. The molecule has 1 aliphatic rings. The highest BCUT2D eigenvalue weighted by atomic mass is 16.6. The summed E-state index contributed by atoms with van der Waals surface area (Å²) in [6.45, 7) is 9.15. The third kappa shape index (κ3) is 3.72. The summed E-state index contributed by atoms with van der Waals surface area (Å²) in [7, 11) is 0. The molecule has 7 heteroatoms. The lowest BCUT2D eigenvalue weighted by atomic mass is 9.94. The molecule has 0 spiro atoms. The van der Waals surface area contributed by atoms with E-state index in [4.69, 9.17) is 0 Å². The Hall–Kier alpha value is -2.44. The van der Waals surface area contributed by atoms with E-state index in [1.165, 1.54) is 13.0 Å². The number of amides is 1. The van der Waals surface area contributed by atoms with Gasteiger partial charge in [-0.1, -0.05) is 20.8 Å². The molecule has 0 aromatic heterocycles. The van der Waals surface area contributed by atoms with E-state index in [-0.39, 0.29) is 17.4 Å². The second-order valence-corrected chi connectivity index (χ2v) is 7.05. The van der Waals surface area contributed by atoms with E-state index in [0.29, 0.717) is 37.4 Å². The number of nitrogens with zero attached hydrogens (tertiary/aromatic N) is 3. The van der Waals surface area contributed by atoms with Gasteiger partial charge in [-0.15, -0.1) is 0 Å². The first-order valence-corrected chi connectivity index (χ1v) is 7.95. The van der Waals surface area contributed by atoms with Crippen molar-refractivity contribution in [3.63, 3.8) is 0 Å². The van der Waals surface area contributed by atoms with E-state index in [0.717, 1.165) is 0 Å². The molecule has 0 atom stereocenters. The Labute approximate surface area is 141 Å². The van der Waals surface area contributed by atoms with Gasteiger partial charge in [-0.25, -0.2) is 0 Å². The Morgan fingerprint density at radius 3 is 2.17 bits per heavy atom. The summed E-state index contributed by atoms with van der Waals surface area (Å²) < 4.78 is 0. The van der Waals surface area contributed by atoms with Gasteiger partial charge in [-0.2, -0.15) is 0 Å². The van der Waals surface area contributed by atoms with Crippen molar-refractivity contribution in [2.45, 2.75) is 27.7 Å². The van der Waals surface area contributed by atoms with Gasteiger partial charge in [-0.05, 0) is 19.1 Å². The number of hydrogen-bond donors (Lipinski definition) is 0. The highest BCUT2D eigenvalue weighted by molar-refractivity contribution is 5.95. The van der Waals surface area contributed by atoms with Crippen molar-refractivity contribution in [3.8, 4) is 0 Å². The zero-order chi connectivity index (χ0) is 18.1. The number of nitro benzene ring substituents is 1. The lowest BCUT2D eigenvalue weighted by molar-refractivity contribution is -0.384. The Morgan fingerprint density at radius 2 is 1.71 bits per heavy atom. The molecule has 1 saturated heterocycles. The van der Waals surface area contributed by atoms with Crippen LogP contribution >= 0.6 is 0 Å². The SMILES string of the molecule is CC(=O)c1ccc(N2CCN(C(=O)C(C)(C)C)CC2)c([N+](=O)[O-])c1. The summed E-state index contributed by atoms with van der Waals surface area (Å²) in [5, 5.41) is 11.3. The topological polar surface area (TPSA) is 83.8 Å². The Morgan fingerprint density at radius 1 is 1.12 bits per heavy atom. The van der Waals surface area contributed by atoms with Gasteiger partial charge >= 0.3 is 0 Å². The molecule has 0 saturated carbocycles. The molecular weight excluding hydrogens is 310 g/mol. The number of hydrogen-bond acceptors (Lipinski definition) is 5. The third-order valence-electron chi connectivity index (χ3n) is 4.13. The van der Waals surface area contributed by atoms with Gasteiger partial charge in [0.05, 0.1) is 4.92 Å². The molecule has 1 aliphatic heterocycles. The Balaban J connectivity index is 2.18. The summed E-state index contributed by atoms with van der Waals surface area (Å²) in [6, 6.07) is 4.55. The maximum atomic E-state index is 12.3. The molecule has 0 radical (unpaired) electrons. The van der Waals surface area contributed by atoms with Crippen molar-refractivity contribution in [2.75, 3.05) is 31.1 Å². The number of ketones is 1. The number of carbonyl (C=O) groups excluding carboxylic acids is 2. The first kappa shape index (κ1) is 17.9. The first-order chi connectivity index (χ1) is 11.1. The zero-order valence-corrected chi connectivity index (χ0v) is 14.5. The fourth-order valence-electron chi connectivity index (χ4n) is 2.78. The van der Waals surface area contributed by atoms with Crippen LogP contribution < -0.4 is 4.90 Å². The number of Topliss-reactive ketones (excluding diaryl/α,β-unsaturated/α-hetero) is 1. The van der Waals surface area contributed by atoms with Crippen LogP contribution in [0.2, 0.25) is 0 Å². The van der Waals surface area contributed by atoms with Crippen molar-refractivity contribution in [3.05, 3.63) is 33.9 Å². The maximum absolute atomic E-state index is 12.3. The molecule has 0 unspecified atom stereocenters. The summed E-state index contributed by atoms with van der Waals surface area (Å²) in [6.07, 6.45) is 0. The molecule has 130 valence electrons. The number of rotatable bonds is 3. The lowest BCUT2D eigenvalue weighted by Gasteiger charge is -2.38. The average molecular weight is 333 g/mol. The van der Waals surface area contributed by atoms with Crippen LogP contribution in [0.15, 0.2) is 18.2 Å². The largest absolute Gasteiger partial charge is 0.362 e. The van der Waals surface area contributed by atoms with Gasteiger partial charge in [0, 0.05) is 43.2 Å². The Bertz CT molecular complexity index is 671. The van der Waals surface area contributed by atoms with Crippen molar-refractivity contribution < 1.29 is 14.5 Å². The van der Waals surface area contributed by atoms with Gasteiger partial charge in [0.2, 0.25) is 5.91 Å².